The summed E-state index contributed by atoms with van der Waals surface area (Å²) in [6, 6.07) is 9.54. The van der Waals surface area contributed by atoms with Gasteiger partial charge in [0.05, 0.1) is 5.92 Å². The maximum atomic E-state index is 12.6. The molecular weight excluding hydrogens is 356 g/mol. The van der Waals surface area contributed by atoms with Gasteiger partial charge in [-0.15, -0.1) is 0 Å². The largest absolute Gasteiger partial charge is 0.292 e. The molecule has 1 heterocycles. The standard InChI is InChI=1S/C16H20N6O3S/c1-11(23)21(3)22-19-16(18-20-22)17-15(25)14(10-26-12(2)24)9-13-7-5-4-6-8-13/h4-8,14H,9-10H2,1-3H3,(H,17,19,25)/t14-/m1/s1. The molecule has 0 unspecified atom stereocenters. The molecule has 2 aromatic rings. The van der Waals surface area contributed by atoms with Crippen molar-refractivity contribution < 1.29 is 14.4 Å². The number of benzene rings is 1. The molecule has 1 N–H and O–H groups in total. The second-order valence-electron chi connectivity index (χ2n) is 5.60. The van der Waals surface area contributed by atoms with Gasteiger partial charge in [0, 0.05) is 26.6 Å². The van der Waals surface area contributed by atoms with Gasteiger partial charge in [0.1, 0.15) is 0 Å². The summed E-state index contributed by atoms with van der Waals surface area (Å²) in [7, 11) is 1.48. The Hall–Kier alpha value is -2.75. The summed E-state index contributed by atoms with van der Waals surface area (Å²) < 4.78 is 0. The van der Waals surface area contributed by atoms with Crippen LogP contribution in [0, 0.1) is 5.92 Å². The van der Waals surface area contributed by atoms with Crippen molar-refractivity contribution in [3.63, 3.8) is 0 Å². The lowest BCUT2D eigenvalue weighted by molar-refractivity contribution is -0.119. The molecule has 0 radical (unpaired) electrons. The fraction of sp³-hybridized carbons (Fsp3) is 0.375. The van der Waals surface area contributed by atoms with Crippen molar-refractivity contribution >= 4 is 34.6 Å². The maximum absolute atomic E-state index is 12.6. The number of hydrogen-bond acceptors (Lipinski definition) is 7. The third-order valence-corrected chi connectivity index (χ3v) is 4.52. The normalized spacial score (nSPS) is 11.7. The van der Waals surface area contributed by atoms with Crippen molar-refractivity contribution in [3.05, 3.63) is 35.9 Å². The van der Waals surface area contributed by atoms with Crippen molar-refractivity contribution in [2.75, 3.05) is 23.1 Å². The highest BCUT2D eigenvalue weighted by Crippen LogP contribution is 2.17. The van der Waals surface area contributed by atoms with E-state index in [-0.39, 0.29) is 22.9 Å². The highest BCUT2D eigenvalue weighted by molar-refractivity contribution is 8.13. The van der Waals surface area contributed by atoms with E-state index in [0.717, 1.165) is 27.2 Å². The van der Waals surface area contributed by atoms with Gasteiger partial charge in [-0.1, -0.05) is 57.2 Å². The van der Waals surface area contributed by atoms with E-state index in [0.29, 0.717) is 12.2 Å². The molecule has 1 aromatic heterocycles. The fourth-order valence-electron chi connectivity index (χ4n) is 2.07. The van der Waals surface area contributed by atoms with Gasteiger partial charge in [0.25, 0.3) is 5.95 Å². The number of anilines is 1. The van der Waals surface area contributed by atoms with E-state index in [2.05, 4.69) is 20.7 Å². The van der Waals surface area contributed by atoms with Gasteiger partial charge in [0.2, 0.25) is 11.8 Å². The first-order valence-electron chi connectivity index (χ1n) is 7.89. The van der Waals surface area contributed by atoms with Crippen LogP contribution in [0.4, 0.5) is 5.95 Å². The maximum Gasteiger partial charge on any atom is 0.272 e. The molecule has 0 saturated heterocycles. The second kappa shape index (κ2) is 9.09. The molecule has 0 spiro atoms. The summed E-state index contributed by atoms with van der Waals surface area (Å²) in [6.45, 7) is 2.82. The predicted molar refractivity (Wildman–Crippen MR) is 98.0 cm³/mol. The molecule has 0 fully saturated rings. The van der Waals surface area contributed by atoms with Gasteiger partial charge in [-0.3, -0.25) is 19.7 Å². The molecule has 138 valence electrons. The Balaban J connectivity index is 2.07. The first-order valence-corrected chi connectivity index (χ1v) is 8.88. The van der Waals surface area contributed by atoms with Crippen molar-refractivity contribution in [3.8, 4) is 0 Å². The van der Waals surface area contributed by atoms with Crippen LogP contribution in [0.5, 0.6) is 0 Å². The minimum atomic E-state index is -0.441. The molecule has 2 rings (SSSR count). The zero-order chi connectivity index (χ0) is 19.1. The Bertz CT molecular complexity index is 779. The van der Waals surface area contributed by atoms with E-state index >= 15 is 0 Å². The summed E-state index contributed by atoms with van der Waals surface area (Å²) >= 11 is 1.10. The second-order valence-corrected chi connectivity index (χ2v) is 6.80. The molecule has 1 aromatic carbocycles. The van der Waals surface area contributed by atoms with Crippen LogP contribution in [0.15, 0.2) is 30.3 Å². The molecule has 9 nitrogen and oxygen atoms in total. The van der Waals surface area contributed by atoms with Crippen LogP contribution in [-0.2, 0) is 20.8 Å². The van der Waals surface area contributed by atoms with Crippen LogP contribution in [0.3, 0.4) is 0 Å². The molecule has 10 heteroatoms. The quantitative estimate of drug-likeness (QED) is 0.763. The van der Waals surface area contributed by atoms with Crippen LogP contribution in [0.25, 0.3) is 0 Å². The van der Waals surface area contributed by atoms with Gasteiger partial charge in [-0.25, -0.2) is 5.01 Å². The molecule has 2 amide bonds. The molecule has 0 aliphatic heterocycles. The molecular formula is C16H20N6O3S. The summed E-state index contributed by atoms with van der Waals surface area (Å²) in [4.78, 5) is 36.2. The molecule has 26 heavy (non-hydrogen) atoms. The lowest BCUT2D eigenvalue weighted by atomic mass is 10.0. The molecule has 0 aliphatic carbocycles. The Morgan fingerprint density at radius 3 is 2.54 bits per heavy atom. The van der Waals surface area contributed by atoms with Gasteiger partial charge in [0.15, 0.2) is 5.12 Å². The minimum Gasteiger partial charge on any atom is -0.292 e. The molecule has 0 aliphatic rings. The average Bonchev–Trinajstić information content (AvgIpc) is 3.06. The Morgan fingerprint density at radius 2 is 1.92 bits per heavy atom. The van der Waals surface area contributed by atoms with Crippen LogP contribution >= 0.6 is 11.8 Å². The van der Waals surface area contributed by atoms with E-state index in [9.17, 15) is 14.4 Å². The van der Waals surface area contributed by atoms with Gasteiger partial charge >= 0.3 is 0 Å². The Kier molecular flexibility index (Phi) is 6.84. The lowest BCUT2D eigenvalue weighted by Crippen LogP contribution is -2.36. The average molecular weight is 376 g/mol. The van der Waals surface area contributed by atoms with Crippen molar-refractivity contribution in [1.29, 1.82) is 0 Å². The van der Waals surface area contributed by atoms with Gasteiger partial charge in [-0.2, -0.15) is 0 Å². The summed E-state index contributed by atoms with van der Waals surface area (Å²) in [5.74, 6) is -0.692. The number of carbonyl (C=O) groups is 3. The van der Waals surface area contributed by atoms with Crippen LogP contribution in [-0.4, -0.2) is 50.0 Å². The molecule has 1 atom stereocenters. The van der Waals surface area contributed by atoms with E-state index in [4.69, 9.17) is 0 Å². The lowest BCUT2D eigenvalue weighted by Gasteiger charge is -2.15. The van der Waals surface area contributed by atoms with E-state index < -0.39 is 5.92 Å². The number of amides is 2. The van der Waals surface area contributed by atoms with Gasteiger partial charge in [-0.05, 0) is 17.2 Å². The highest BCUT2D eigenvalue weighted by Gasteiger charge is 2.22. The van der Waals surface area contributed by atoms with E-state index in [1.807, 2.05) is 30.3 Å². The number of carbonyl (C=O) groups excluding carboxylic acids is 3. The van der Waals surface area contributed by atoms with Crippen molar-refractivity contribution in [2.24, 2.45) is 5.92 Å². The number of nitrogens with one attached hydrogen (secondary N) is 1. The van der Waals surface area contributed by atoms with Gasteiger partial charge < -0.3 is 0 Å². The highest BCUT2D eigenvalue weighted by atomic mass is 32.2. The smallest absolute Gasteiger partial charge is 0.272 e. The van der Waals surface area contributed by atoms with Crippen LogP contribution in [0.2, 0.25) is 0 Å². The molecule has 0 saturated carbocycles. The van der Waals surface area contributed by atoms with Crippen LogP contribution in [0.1, 0.15) is 19.4 Å². The third-order valence-electron chi connectivity index (χ3n) is 3.55. The third kappa shape index (κ3) is 5.66. The first-order chi connectivity index (χ1) is 12.4. The summed E-state index contributed by atoms with van der Waals surface area (Å²) in [5, 5.41) is 15.1. The Labute approximate surface area is 155 Å². The zero-order valence-electron chi connectivity index (χ0n) is 14.7. The zero-order valence-corrected chi connectivity index (χ0v) is 15.6. The van der Waals surface area contributed by atoms with Crippen LogP contribution < -0.4 is 10.3 Å². The number of hydrogen-bond donors (Lipinski definition) is 1. The number of aromatic nitrogens is 4. The van der Waals surface area contributed by atoms with Crippen molar-refractivity contribution in [2.45, 2.75) is 20.3 Å². The van der Waals surface area contributed by atoms with E-state index in [1.165, 1.54) is 20.9 Å². The first kappa shape index (κ1) is 19.6. The van der Waals surface area contributed by atoms with Crippen molar-refractivity contribution in [1.82, 2.24) is 20.3 Å². The molecule has 0 bridgehead atoms. The number of rotatable bonds is 7. The van der Waals surface area contributed by atoms with E-state index in [1.54, 1.807) is 0 Å². The number of nitrogens with zero attached hydrogens (tertiary/aromatic N) is 5. The summed E-state index contributed by atoms with van der Waals surface area (Å²) in [5.41, 5.74) is 0.990. The number of tetrazole rings is 1. The summed E-state index contributed by atoms with van der Waals surface area (Å²) in [6.07, 6.45) is 0.481. The number of thioether (sulfide) groups is 1. The Morgan fingerprint density at radius 1 is 1.23 bits per heavy atom. The minimum absolute atomic E-state index is 0.00557. The topological polar surface area (TPSA) is 110 Å². The SMILES string of the molecule is CC(=O)SC[C@@H](Cc1ccccc1)C(=O)Nc1nnn(N(C)C(C)=O)n1. The fourth-order valence-corrected chi connectivity index (χ4v) is 2.77. The predicted octanol–water partition coefficient (Wildman–Crippen LogP) is 0.864. The monoisotopic (exact) mass is 376 g/mol.